The third kappa shape index (κ3) is 4.00. The zero-order valence-corrected chi connectivity index (χ0v) is 13.2. The molecule has 0 spiro atoms. The highest BCUT2D eigenvalue weighted by atomic mass is 35.5. The Morgan fingerprint density at radius 3 is 2.73 bits per heavy atom. The number of aliphatic hydroxyl groups is 1. The first-order chi connectivity index (χ1) is 10.4. The molecule has 1 heterocycles. The van der Waals surface area contributed by atoms with Crippen molar-refractivity contribution >= 4 is 23.6 Å². The molecule has 5 heteroatoms. The molecule has 4 nitrogen and oxygen atoms in total. The van der Waals surface area contributed by atoms with Crippen LogP contribution in [-0.2, 0) is 10.4 Å². The van der Waals surface area contributed by atoms with E-state index in [-0.39, 0.29) is 12.5 Å². The Balaban J connectivity index is 2.02. The number of rotatable bonds is 5. The van der Waals surface area contributed by atoms with E-state index in [1.165, 1.54) is 6.26 Å². The Bertz CT molecular complexity index is 675. The van der Waals surface area contributed by atoms with Crippen molar-refractivity contribution in [2.45, 2.75) is 19.4 Å². The molecule has 0 saturated heterocycles. The first-order valence-electron chi connectivity index (χ1n) is 6.87. The van der Waals surface area contributed by atoms with Crippen molar-refractivity contribution in [3.05, 3.63) is 64.6 Å². The van der Waals surface area contributed by atoms with Gasteiger partial charge in [0.05, 0.1) is 12.8 Å². The summed E-state index contributed by atoms with van der Waals surface area (Å²) in [4.78, 5) is 12.1. The fourth-order valence-corrected chi connectivity index (χ4v) is 2.15. The molecular formula is C17H18ClNO3. The van der Waals surface area contributed by atoms with E-state index in [0.29, 0.717) is 16.4 Å². The van der Waals surface area contributed by atoms with Gasteiger partial charge in [-0.25, -0.2) is 0 Å². The van der Waals surface area contributed by atoms with Crippen LogP contribution in [0.5, 0.6) is 0 Å². The number of carbonyl (C=O) groups excluding carboxylic acids is 1. The largest absolute Gasteiger partial charge is 0.466 e. The van der Waals surface area contributed by atoms with Crippen molar-refractivity contribution in [3.8, 4) is 0 Å². The molecule has 0 saturated carbocycles. The van der Waals surface area contributed by atoms with Gasteiger partial charge in [-0.15, -0.1) is 0 Å². The van der Waals surface area contributed by atoms with Gasteiger partial charge in [0.15, 0.2) is 0 Å². The van der Waals surface area contributed by atoms with E-state index < -0.39 is 5.60 Å². The van der Waals surface area contributed by atoms with Crippen molar-refractivity contribution in [1.82, 2.24) is 5.32 Å². The van der Waals surface area contributed by atoms with E-state index in [1.54, 1.807) is 38.1 Å². The predicted octanol–water partition coefficient (Wildman–Crippen LogP) is 3.36. The predicted molar refractivity (Wildman–Crippen MR) is 86.4 cm³/mol. The van der Waals surface area contributed by atoms with Crippen LogP contribution in [0, 0.1) is 0 Å². The minimum absolute atomic E-state index is 0.0487. The van der Waals surface area contributed by atoms with Crippen LogP contribution in [0.3, 0.4) is 0 Å². The zero-order chi connectivity index (χ0) is 16.2. The maximum Gasteiger partial charge on any atom is 0.247 e. The van der Waals surface area contributed by atoms with Gasteiger partial charge in [-0.3, -0.25) is 4.79 Å². The van der Waals surface area contributed by atoms with Crippen LogP contribution < -0.4 is 5.32 Å². The Labute approximate surface area is 134 Å². The van der Waals surface area contributed by atoms with E-state index in [9.17, 15) is 9.90 Å². The van der Waals surface area contributed by atoms with Crippen LogP contribution >= 0.6 is 11.6 Å². The third-order valence-corrected chi connectivity index (χ3v) is 3.62. The summed E-state index contributed by atoms with van der Waals surface area (Å²) in [6, 6.07) is 10.6. The number of halogens is 1. The molecule has 1 unspecified atom stereocenters. The Morgan fingerprint density at radius 1 is 1.36 bits per heavy atom. The number of nitrogens with one attached hydrogen (secondary N) is 1. The molecule has 1 atom stereocenters. The van der Waals surface area contributed by atoms with E-state index in [1.807, 2.05) is 18.2 Å². The standard InChI is InChI=1S/C17H18ClNO3/c1-12(10-13-6-3-4-7-14(13)18)16(20)19-11-17(2,21)15-8-5-9-22-15/h3-10,21H,11H2,1-2H3,(H,19,20)/b12-10-. The van der Waals surface area contributed by atoms with Gasteiger partial charge < -0.3 is 14.8 Å². The Hall–Kier alpha value is -2.04. The summed E-state index contributed by atoms with van der Waals surface area (Å²) >= 11 is 6.06. The van der Waals surface area contributed by atoms with Gasteiger partial charge in [-0.1, -0.05) is 29.8 Å². The molecule has 1 aromatic carbocycles. The quantitative estimate of drug-likeness (QED) is 0.831. The summed E-state index contributed by atoms with van der Waals surface area (Å²) in [5, 5.41) is 13.6. The van der Waals surface area contributed by atoms with Crippen molar-refractivity contribution in [2.75, 3.05) is 6.54 Å². The number of benzene rings is 1. The smallest absolute Gasteiger partial charge is 0.247 e. The lowest BCUT2D eigenvalue weighted by atomic mass is 10.0. The van der Waals surface area contributed by atoms with E-state index in [0.717, 1.165) is 5.56 Å². The average molecular weight is 320 g/mol. The second-order valence-electron chi connectivity index (χ2n) is 5.28. The van der Waals surface area contributed by atoms with Gasteiger partial charge in [0.25, 0.3) is 0 Å². The van der Waals surface area contributed by atoms with Crippen LogP contribution in [-0.4, -0.2) is 17.6 Å². The minimum atomic E-state index is -1.26. The number of furan rings is 1. The lowest BCUT2D eigenvalue weighted by Crippen LogP contribution is -2.38. The summed E-state index contributed by atoms with van der Waals surface area (Å²) in [6.07, 6.45) is 3.19. The Kier molecular flexibility index (Phi) is 5.06. The fraction of sp³-hybridized carbons (Fsp3) is 0.235. The molecule has 22 heavy (non-hydrogen) atoms. The highest BCUT2D eigenvalue weighted by Gasteiger charge is 2.26. The molecule has 2 N–H and O–H groups in total. The van der Waals surface area contributed by atoms with Gasteiger partial charge in [0, 0.05) is 10.6 Å². The molecule has 1 amide bonds. The summed E-state index contributed by atoms with van der Waals surface area (Å²) in [7, 11) is 0. The lowest BCUT2D eigenvalue weighted by Gasteiger charge is -2.21. The Morgan fingerprint density at radius 2 is 2.09 bits per heavy atom. The van der Waals surface area contributed by atoms with E-state index in [4.69, 9.17) is 16.0 Å². The SMILES string of the molecule is C/C(=C/c1ccccc1Cl)C(=O)NCC(C)(O)c1ccco1. The first kappa shape index (κ1) is 16.3. The van der Waals surface area contributed by atoms with Gasteiger partial charge >= 0.3 is 0 Å². The van der Waals surface area contributed by atoms with Crippen LogP contribution in [0.15, 0.2) is 52.7 Å². The van der Waals surface area contributed by atoms with Crippen molar-refractivity contribution in [3.63, 3.8) is 0 Å². The first-order valence-corrected chi connectivity index (χ1v) is 7.25. The molecule has 2 rings (SSSR count). The van der Waals surface area contributed by atoms with Gasteiger partial charge in [0.2, 0.25) is 5.91 Å². The van der Waals surface area contributed by atoms with Gasteiger partial charge in [-0.2, -0.15) is 0 Å². The highest BCUT2D eigenvalue weighted by molar-refractivity contribution is 6.32. The van der Waals surface area contributed by atoms with Gasteiger partial charge in [-0.05, 0) is 43.7 Å². The molecule has 0 aliphatic rings. The summed E-state index contributed by atoms with van der Waals surface area (Å²) < 4.78 is 5.17. The minimum Gasteiger partial charge on any atom is -0.466 e. The molecular weight excluding hydrogens is 302 g/mol. The molecule has 0 aliphatic heterocycles. The lowest BCUT2D eigenvalue weighted by molar-refractivity contribution is -0.118. The second kappa shape index (κ2) is 6.81. The number of amides is 1. The van der Waals surface area contributed by atoms with E-state index >= 15 is 0 Å². The van der Waals surface area contributed by atoms with Crippen LogP contribution in [0.1, 0.15) is 25.2 Å². The van der Waals surface area contributed by atoms with Crippen LogP contribution in [0.2, 0.25) is 5.02 Å². The molecule has 0 aliphatic carbocycles. The molecule has 0 bridgehead atoms. The number of hydrogen-bond acceptors (Lipinski definition) is 3. The normalized spacial score (nSPS) is 14.5. The molecule has 2 aromatic rings. The maximum atomic E-state index is 12.1. The number of hydrogen-bond donors (Lipinski definition) is 2. The maximum absolute atomic E-state index is 12.1. The summed E-state index contributed by atoms with van der Waals surface area (Å²) in [6.45, 7) is 3.33. The fourth-order valence-electron chi connectivity index (χ4n) is 1.95. The molecule has 0 fully saturated rings. The summed E-state index contributed by atoms with van der Waals surface area (Å²) in [5.74, 6) is 0.132. The summed E-state index contributed by atoms with van der Waals surface area (Å²) in [5.41, 5.74) is 0.0158. The van der Waals surface area contributed by atoms with Gasteiger partial charge in [0.1, 0.15) is 11.4 Å². The highest BCUT2D eigenvalue weighted by Crippen LogP contribution is 2.21. The van der Waals surface area contributed by atoms with E-state index in [2.05, 4.69) is 5.32 Å². The monoisotopic (exact) mass is 319 g/mol. The molecule has 116 valence electrons. The number of carbonyl (C=O) groups is 1. The average Bonchev–Trinajstić information content (AvgIpc) is 3.02. The topological polar surface area (TPSA) is 62.5 Å². The second-order valence-corrected chi connectivity index (χ2v) is 5.69. The molecule has 1 aromatic heterocycles. The van der Waals surface area contributed by atoms with Crippen molar-refractivity contribution in [2.24, 2.45) is 0 Å². The van der Waals surface area contributed by atoms with Crippen LogP contribution in [0.4, 0.5) is 0 Å². The zero-order valence-electron chi connectivity index (χ0n) is 12.5. The van der Waals surface area contributed by atoms with Crippen molar-refractivity contribution < 1.29 is 14.3 Å². The third-order valence-electron chi connectivity index (χ3n) is 3.28. The van der Waals surface area contributed by atoms with Crippen LogP contribution in [0.25, 0.3) is 6.08 Å². The van der Waals surface area contributed by atoms with Crippen molar-refractivity contribution in [1.29, 1.82) is 0 Å². The molecule has 0 radical (unpaired) electrons.